The summed E-state index contributed by atoms with van der Waals surface area (Å²) in [7, 11) is 0. The van der Waals surface area contributed by atoms with Gasteiger partial charge in [-0.15, -0.1) is 0 Å². The maximum absolute atomic E-state index is 2.89. The molecule has 1 nitrogen and oxygen atoms in total. The lowest BCUT2D eigenvalue weighted by molar-refractivity contribution is 0.166. The number of hydrogen-bond acceptors (Lipinski definition) is 1. The van der Waals surface area contributed by atoms with Crippen LogP contribution < -0.4 is 21.3 Å². The molecule has 4 fully saturated rings. The summed E-state index contributed by atoms with van der Waals surface area (Å²) < 4.78 is 0. The van der Waals surface area contributed by atoms with Crippen LogP contribution in [0.1, 0.15) is 136 Å². The zero-order chi connectivity index (χ0) is 56.4. The van der Waals surface area contributed by atoms with E-state index in [9.17, 15) is 0 Å². The van der Waals surface area contributed by atoms with Crippen molar-refractivity contribution in [3.63, 3.8) is 0 Å². The molecule has 86 heavy (non-hydrogen) atoms. The minimum Gasteiger partial charge on any atom is -0.310 e. The third-order valence-electron chi connectivity index (χ3n) is 23.7. The minimum absolute atomic E-state index is 0.0343. The molecule has 0 saturated heterocycles. The van der Waals surface area contributed by atoms with E-state index in [1.807, 2.05) is 0 Å². The number of hydrogen-bond donors (Lipinski definition) is 0. The van der Waals surface area contributed by atoms with Crippen molar-refractivity contribution in [3.8, 4) is 77.9 Å². The van der Waals surface area contributed by atoms with Crippen molar-refractivity contribution in [2.75, 3.05) is 4.90 Å². The van der Waals surface area contributed by atoms with Crippen molar-refractivity contribution >= 4 is 61.7 Å². The molecule has 414 valence electrons. The SMILES string of the molecule is CC(C)(C)c1cc2c3c(c1)-c1cc4c(c5c(-c6ccccc6)cc6c(c15)B3c1c(cc(-c3ccccc3)c3c5c(cc-2c13)C1CC2CC(C1)CC5C2)N6c1c(-c2ccccc2)cc(-c2ccccc2)cc1-c1ccccc1)C1CC2CC(CC4C2)C1. The highest BCUT2D eigenvalue weighted by Crippen LogP contribution is 2.64. The number of fused-ring (bicyclic) bond motifs is 2. The smallest absolute Gasteiger partial charge is 0.249 e. The van der Waals surface area contributed by atoms with Gasteiger partial charge in [-0.1, -0.05) is 190 Å². The van der Waals surface area contributed by atoms with E-state index >= 15 is 0 Å². The predicted molar refractivity (Wildman–Crippen MR) is 362 cm³/mol. The highest BCUT2D eigenvalue weighted by Gasteiger charge is 2.52. The summed E-state index contributed by atoms with van der Waals surface area (Å²) >= 11 is 0. The van der Waals surface area contributed by atoms with Gasteiger partial charge in [0.15, 0.2) is 0 Å². The number of anilines is 3. The first-order valence-corrected chi connectivity index (χ1v) is 33.0. The molecule has 0 N–H and O–H groups in total. The lowest BCUT2D eigenvalue weighted by Crippen LogP contribution is -2.61. The Labute approximate surface area is 507 Å². The van der Waals surface area contributed by atoms with Crippen LogP contribution in [0.15, 0.2) is 200 Å². The Balaban J connectivity index is 1.03. The second kappa shape index (κ2) is 17.7. The van der Waals surface area contributed by atoms with Gasteiger partial charge in [0, 0.05) is 22.5 Å². The molecule has 0 spiro atoms. The monoisotopic (exact) mass is 1100 g/mol. The van der Waals surface area contributed by atoms with Crippen molar-refractivity contribution in [3.05, 3.63) is 228 Å². The maximum atomic E-state index is 2.89. The van der Waals surface area contributed by atoms with Gasteiger partial charge in [-0.2, -0.15) is 0 Å². The maximum Gasteiger partial charge on any atom is 0.249 e. The molecular weight excluding hydrogens is 1030 g/mol. The summed E-state index contributed by atoms with van der Waals surface area (Å²) in [5.41, 5.74) is 35.6. The van der Waals surface area contributed by atoms with Gasteiger partial charge in [-0.3, -0.25) is 0 Å². The van der Waals surface area contributed by atoms with Crippen LogP contribution >= 0.6 is 0 Å². The summed E-state index contributed by atoms with van der Waals surface area (Å²) in [6.07, 6.45) is 13.5. The molecule has 22 rings (SSSR count). The van der Waals surface area contributed by atoms with Gasteiger partial charge in [0.1, 0.15) is 0 Å². The molecule has 11 aliphatic rings. The Bertz CT molecular complexity index is 4430. The summed E-state index contributed by atoms with van der Waals surface area (Å²) in [5.74, 6) is 5.56. The molecule has 11 aromatic carbocycles. The van der Waals surface area contributed by atoms with Crippen LogP contribution in [0.5, 0.6) is 0 Å². The highest BCUT2D eigenvalue weighted by molar-refractivity contribution is 7.04. The van der Waals surface area contributed by atoms with Crippen LogP contribution in [-0.2, 0) is 5.41 Å². The second-order valence-electron chi connectivity index (χ2n) is 29.4. The molecule has 11 aromatic rings. The Hall–Kier alpha value is -8.20. The van der Waals surface area contributed by atoms with Crippen LogP contribution in [0.2, 0.25) is 0 Å². The number of nitrogens with zero attached hydrogens (tertiary/aromatic N) is 1. The number of benzene rings is 11. The Morgan fingerprint density at radius 1 is 0.314 bits per heavy atom. The van der Waals surface area contributed by atoms with E-state index in [2.05, 4.69) is 226 Å². The van der Waals surface area contributed by atoms with Crippen LogP contribution in [0.4, 0.5) is 17.1 Å². The van der Waals surface area contributed by atoms with E-state index in [4.69, 9.17) is 0 Å². The third kappa shape index (κ3) is 6.80. The standard InChI is InChI=1S/C84H70BN/c1-84(2,3)61-41-70-68-43-62-57-31-47-29-48(32-57)36-59(35-47)74(62)76-64(52-21-11-5-12-22-52)45-72-81(78(68)76)85-80(70)71(42-61)69-44-63-58-33-49-30-50(34-58)38-60(37-49)75(63)77-65(53-23-13-6-14-24-53)46-73(82(85)79(69)77)86(72)83-66(54-25-15-7-16-26-54)39-56(51-19-9-4-10-20-51)40-67(83)55-27-17-8-18-28-55/h4-28,39-50,57-60H,29-38H2,1-3H3. The van der Waals surface area contributed by atoms with E-state index in [0.29, 0.717) is 23.7 Å². The number of rotatable bonds is 6. The Morgan fingerprint density at radius 2 is 0.674 bits per heavy atom. The fraction of sp³-hybridized carbons (Fsp3) is 0.262. The van der Waals surface area contributed by atoms with Gasteiger partial charge in [-0.25, -0.2) is 0 Å². The fourth-order valence-corrected chi connectivity index (χ4v) is 20.7. The van der Waals surface area contributed by atoms with Crippen LogP contribution in [0.25, 0.3) is 99.4 Å². The normalized spacial score (nSPS) is 23.5. The van der Waals surface area contributed by atoms with Crippen molar-refractivity contribution in [1.29, 1.82) is 0 Å². The third-order valence-corrected chi connectivity index (χ3v) is 23.7. The average molecular weight is 1100 g/mol. The molecule has 8 aliphatic carbocycles. The quantitative estimate of drug-likeness (QED) is 0.150. The van der Waals surface area contributed by atoms with Crippen molar-refractivity contribution in [1.82, 2.24) is 0 Å². The molecular formula is C84H70BN. The average Bonchev–Trinajstić information content (AvgIpc) is 0.966. The zero-order valence-electron chi connectivity index (χ0n) is 49.8. The summed E-state index contributed by atoms with van der Waals surface area (Å²) in [6.45, 7) is 7.47. The lowest BCUT2D eigenvalue weighted by atomic mass is 9.29. The topological polar surface area (TPSA) is 3.24 Å². The fourth-order valence-electron chi connectivity index (χ4n) is 20.7. The zero-order valence-corrected chi connectivity index (χ0v) is 49.8. The van der Waals surface area contributed by atoms with Crippen LogP contribution in [-0.4, -0.2) is 6.71 Å². The molecule has 3 aliphatic heterocycles. The molecule has 4 saturated carbocycles. The molecule has 0 aromatic heterocycles. The van der Waals surface area contributed by atoms with Gasteiger partial charge in [0.05, 0.1) is 5.69 Å². The first kappa shape index (κ1) is 49.0. The van der Waals surface area contributed by atoms with E-state index in [-0.39, 0.29) is 12.1 Å². The summed E-state index contributed by atoms with van der Waals surface area (Å²) in [4.78, 5) is 2.89. The molecule has 4 unspecified atom stereocenters. The van der Waals surface area contributed by atoms with E-state index in [1.54, 1.807) is 38.5 Å². The van der Waals surface area contributed by atoms with Gasteiger partial charge in [-0.05, 0) is 280 Å². The molecule has 3 heterocycles. The molecule has 0 amide bonds. The summed E-state index contributed by atoms with van der Waals surface area (Å²) in [6, 6.07) is 79.3. The van der Waals surface area contributed by atoms with Crippen molar-refractivity contribution in [2.24, 2.45) is 23.7 Å². The van der Waals surface area contributed by atoms with E-state index in [1.165, 1.54) is 186 Å². The molecule has 2 heteroatoms. The second-order valence-corrected chi connectivity index (χ2v) is 29.4. The van der Waals surface area contributed by atoms with Crippen molar-refractivity contribution in [2.45, 2.75) is 114 Å². The van der Waals surface area contributed by atoms with Crippen LogP contribution in [0.3, 0.4) is 0 Å². The van der Waals surface area contributed by atoms with Crippen molar-refractivity contribution < 1.29 is 0 Å². The van der Waals surface area contributed by atoms with Gasteiger partial charge in [0.2, 0.25) is 6.71 Å². The minimum atomic E-state index is -0.0671. The molecule has 4 atom stereocenters. The molecule has 8 bridgehead atoms. The Kier molecular flexibility index (Phi) is 10.1. The Morgan fingerprint density at radius 3 is 1.06 bits per heavy atom. The summed E-state index contributed by atoms with van der Waals surface area (Å²) in [5, 5.41) is 6.20. The largest absolute Gasteiger partial charge is 0.310 e. The predicted octanol–water partition coefficient (Wildman–Crippen LogP) is 20.7. The van der Waals surface area contributed by atoms with E-state index < -0.39 is 0 Å². The highest BCUT2D eigenvalue weighted by atomic mass is 15.2. The first-order valence-electron chi connectivity index (χ1n) is 33.0. The lowest BCUT2D eigenvalue weighted by Gasteiger charge is -2.46. The first-order chi connectivity index (χ1) is 42.2. The van der Waals surface area contributed by atoms with Crippen LogP contribution in [0, 0.1) is 23.7 Å². The van der Waals surface area contributed by atoms with E-state index in [0.717, 1.165) is 23.7 Å². The molecule has 0 radical (unpaired) electrons. The van der Waals surface area contributed by atoms with Gasteiger partial charge in [0.25, 0.3) is 0 Å². The van der Waals surface area contributed by atoms with Gasteiger partial charge >= 0.3 is 0 Å². The van der Waals surface area contributed by atoms with Gasteiger partial charge < -0.3 is 4.90 Å².